The monoisotopic (exact) mass is 349 g/mol. The van der Waals surface area contributed by atoms with E-state index in [-0.39, 0.29) is 22.9 Å². The first kappa shape index (κ1) is 18.1. The van der Waals surface area contributed by atoms with E-state index < -0.39 is 0 Å². The maximum absolute atomic E-state index is 12.9. The zero-order valence-electron chi connectivity index (χ0n) is 15.2. The summed E-state index contributed by atoms with van der Waals surface area (Å²) in [6, 6.07) is 12.5. The fraction of sp³-hybridized carbons (Fsp3) is 0.318. The van der Waals surface area contributed by atoms with Crippen LogP contribution in [0, 0.1) is 0 Å². The van der Waals surface area contributed by atoms with Crippen molar-refractivity contribution in [3.05, 3.63) is 70.3 Å². The van der Waals surface area contributed by atoms with Crippen LogP contribution in [0.25, 0.3) is 0 Å². The minimum Gasteiger partial charge on any atom is -0.370 e. The quantitative estimate of drug-likeness (QED) is 0.688. The largest absolute Gasteiger partial charge is 0.370 e. The van der Waals surface area contributed by atoms with Gasteiger partial charge in [0, 0.05) is 28.7 Å². The first-order valence-electron chi connectivity index (χ1n) is 8.92. The average molecular weight is 349 g/mol. The normalized spacial score (nSPS) is 13.3. The first-order valence-corrected chi connectivity index (χ1v) is 8.92. The number of amides is 1. The molecular weight excluding hydrogens is 326 g/mol. The molecule has 4 nitrogen and oxygen atoms in total. The zero-order valence-corrected chi connectivity index (χ0v) is 15.2. The van der Waals surface area contributed by atoms with Gasteiger partial charge in [-0.1, -0.05) is 50.6 Å². The van der Waals surface area contributed by atoms with Gasteiger partial charge in [0.2, 0.25) is 5.91 Å². The van der Waals surface area contributed by atoms with Crippen molar-refractivity contribution in [2.45, 2.75) is 44.9 Å². The van der Waals surface area contributed by atoms with Crippen LogP contribution in [-0.4, -0.2) is 17.5 Å². The van der Waals surface area contributed by atoms with Gasteiger partial charge >= 0.3 is 0 Å². The van der Waals surface area contributed by atoms with Crippen LogP contribution in [0.4, 0.5) is 0 Å². The molecule has 0 saturated heterocycles. The van der Waals surface area contributed by atoms with Crippen LogP contribution in [0.5, 0.6) is 0 Å². The van der Waals surface area contributed by atoms with E-state index in [0.29, 0.717) is 28.7 Å². The number of nitrogens with two attached hydrogens (primary N) is 1. The number of carbonyl (C=O) groups is 3. The topological polar surface area (TPSA) is 77.2 Å². The molecule has 1 aliphatic carbocycles. The van der Waals surface area contributed by atoms with E-state index >= 15 is 0 Å². The van der Waals surface area contributed by atoms with E-state index in [4.69, 9.17) is 5.73 Å². The number of rotatable bonds is 6. The number of ketones is 2. The van der Waals surface area contributed by atoms with E-state index in [1.807, 2.05) is 12.1 Å². The summed E-state index contributed by atoms with van der Waals surface area (Å²) in [6.07, 6.45) is 2.90. The molecule has 3 rings (SSSR count). The lowest BCUT2D eigenvalue weighted by Gasteiger charge is -2.27. The maximum atomic E-state index is 12.9. The van der Waals surface area contributed by atoms with Crippen molar-refractivity contribution in [2.75, 3.05) is 0 Å². The summed E-state index contributed by atoms with van der Waals surface area (Å²) in [6.45, 7) is 4.23. The Bertz CT molecular complexity index is 896. The molecule has 1 amide bonds. The van der Waals surface area contributed by atoms with E-state index in [1.165, 1.54) is 0 Å². The molecule has 0 fully saturated rings. The molecule has 26 heavy (non-hydrogen) atoms. The molecular formula is C22H23NO3. The van der Waals surface area contributed by atoms with Crippen molar-refractivity contribution in [3.63, 3.8) is 0 Å². The van der Waals surface area contributed by atoms with Gasteiger partial charge in [-0.3, -0.25) is 14.4 Å². The van der Waals surface area contributed by atoms with Crippen LogP contribution in [0.2, 0.25) is 0 Å². The number of carbonyl (C=O) groups excluding carboxylic acids is 3. The molecule has 0 aromatic heterocycles. The molecule has 2 N–H and O–H groups in total. The molecule has 0 saturated carbocycles. The van der Waals surface area contributed by atoms with Gasteiger partial charge < -0.3 is 5.73 Å². The number of hydrogen-bond acceptors (Lipinski definition) is 3. The second-order valence-corrected chi connectivity index (χ2v) is 7.52. The minimum absolute atomic E-state index is 0.0958. The number of primary amides is 1. The summed E-state index contributed by atoms with van der Waals surface area (Å²) < 4.78 is 0. The SMILES string of the molecule is CC(C)(CCCCC(N)=O)c1ccc2c(c1)C(=O)c1ccccc1C2=O. The molecule has 2 aromatic rings. The summed E-state index contributed by atoms with van der Waals surface area (Å²) >= 11 is 0. The van der Waals surface area contributed by atoms with Crippen molar-refractivity contribution in [2.24, 2.45) is 5.73 Å². The van der Waals surface area contributed by atoms with Gasteiger partial charge in [0.1, 0.15) is 0 Å². The van der Waals surface area contributed by atoms with E-state index in [9.17, 15) is 14.4 Å². The van der Waals surface area contributed by atoms with Crippen LogP contribution in [0.15, 0.2) is 42.5 Å². The highest BCUT2D eigenvalue weighted by atomic mass is 16.1. The van der Waals surface area contributed by atoms with Crippen LogP contribution < -0.4 is 5.73 Å². The maximum Gasteiger partial charge on any atom is 0.217 e. The molecule has 0 spiro atoms. The number of unbranched alkanes of at least 4 members (excludes halogenated alkanes) is 1. The highest BCUT2D eigenvalue weighted by Gasteiger charge is 2.31. The lowest BCUT2D eigenvalue weighted by molar-refractivity contribution is -0.118. The molecule has 2 aromatic carbocycles. The van der Waals surface area contributed by atoms with Gasteiger partial charge in [-0.2, -0.15) is 0 Å². The molecule has 0 atom stereocenters. The Morgan fingerprint density at radius 1 is 0.885 bits per heavy atom. The Kier molecular flexibility index (Phi) is 4.77. The smallest absolute Gasteiger partial charge is 0.217 e. The fourth-order valence-electron chi connectivity index (χ4n) is 3.53. The lowest BCUT2D eigenvalue weighted by Crippen LogP contribution is -2.23. The Morgan fingerprint density at radius 3 is 2.08 bits per heavy atom. The molecule has 0 heterocycles. The number of benzene rings is 2. The second kappa shape index (κ2) is 6.87. The highest BCUT2D eigenvalue weighted by Crippen LogP contribution is 2.34. The van der Waals surface area contributed by atoms with E-state index in [2.05, 4.69) is 13.8 Å². The predicted molar refractivity (Wildman–Crippen MR) is 100 cm³/mol. The zero-order chi connectivity index (χ0) is 18.9. The van der Waals surface area contributed by atoms with Crippen molar-refractivity contribution in [1.82, 2.24) is 0 Å². The molecule has 1 aliphatic rings. The van der Waals surface area contributed by atoms with Crippen molar-refractivity contribution in [3.8, 4) is 0 Å². The van der Waals surface area contributed by atoms with Gasteiger partial charge in [0.05, 0.1) is 0 Å². The number of fused-ring (bicyclic) bond motifs is 2. The van der Waals surface area contributed by atoms with Gasteiger partial charge in [0.15, 0.2) is 11.6 Å². The summed E-state index contributed by atoms with van der Waals surface area (Å²) in [5.41, 5.74) is 7.96. The molecule has 0 bridgehead atoms. The Hall–Kier alpha value is -2.75. The highest BCUT2D eigenvalue weighted by molar-refractivity contribution is 6.28. The lowest BCUT2D eigenvalue weighted by atomic mass is 9.76. The molecule has 134 valence electrons. The van der Waals surface area contributed by atoms with Crippen molar-refractivity contribution in [1.29, 1.82) is 0 Å². The van der Waals surface area contributed by atoms with Crippen LogP contribution in [0.3, 0.4) is 0 Å². The van der Waals surface area contributed by atoms with E-state index in [1.54, 1.807) is 30.3 Å². The molecule has 0 aliphatic heterocycles. The standard InChI is InChI=1S/C22H23NO3/c1-22(2,12-6-5-9-19(23)24)14-10-11-17-18(13-14)21(26)16-8-4-3-7-15(16)20(17)25/h3-4,7-8,10-11,13H,5-6,9,12H2,1-2H3,(H2,23,24). The molecule has 0 unspecified atom stereocenters. The Balaban J connectivity index is 1.88. The van der Waals surface area contributed by atoms with E-state index in [0.717, 1.165) is 24.8 Å². The van der Waals surface area contributed by atoms with Gasteiger partial charge in [-0.15, -0.1) is 0 Å². The summed E-state index contributed by atoms with van der Waals surface area (Å²) in [5, 5.41) is 0. The first-order chi connectivity index (χ1) is 12.3. The Labute approximate surface area is 153 Å². The van der Waals surface area contributed by atoms with Crippen LogP contribution >= 0.6 is 0 Å². The van der Waals surface area contributed by atoms with Crippen LogP contribution in [0.1, 0.15) is 76.9 Å². The predicted octanol–water partition coefficient (Wildman–Crippen LogP) is 3.79. The third-order valence-corrected chi connectivity index (χ3v) is 5.18. The Morgan fingerprint density at radius 2 is 1.46 bits per heavy atom. The van der Waals surface area contributed by atoms with Gasteiger partial charge in [-0.05, 0) is 36.0 Å². The summed E-state index contributed by atoms with van der Waals surface area (Å²) in [4.78, 5) is 36.4. The van der Waals surface area contributed by atoms with Crippen molar-refractivity contribution >= 4 is 17.5 Å². The van der Waals surface area contributed by atoms with Crippen LogP contribution in [-0.2, 0) is 10.2 Å². The number of hydrogen-bond donors (Lipinski definition) is 1. The average Bonchev–Trinajstić information content (AvgIpc) is 2.63. The fourth-order valence-corrected chi connectivity index (χ4v) is 3.53. The second-order valence-electron chi connectivity index (χ2n) is 7.52. The summed E-state index contributed by atoms with van der Waals surface area (Å²) in [5.74, 6) is -0.470. The molecule has 0 radical (unpaired) electrons. The third-order valence-electron chi connectivity index (χ3n) is 5.18. The summed E-state index contributed by atoms with van der Waals surface area (Å²) in [7, 11) is 0. The van der Waals surface area contributed by atoms with Gasteiger partial charge in [0.25, 0.3) is 0 Å². The van der Waals surface area contributed by atoms with Crippen molar-refractivity contribution < 1.29 is 14.4 Å². The van der Waals surface area contributed by atoms with Gasteiger partial charge in [-0.25, -0.2) is 0 Å². The minimum atomic E-state index is -0.278. The molecule has 4 heteroatoms. The third kappa shape index (κ3) is 3.32.